The minimum Gasteiger partial charge on any atom is -0.135 e. The van der Waals surface area contributed by atoms with Gasteiger partial charge in [0.2, 0.25) is 0 Å². The molecule has 0 unspecified atom stereocenters. The van der Waals surface area contributed by atoms with Gasteiger partial charge in [0.25, 0.3) is 0 Å². The van der Waals surface area contributed by atoms with Crippen LogP contribution in [0.3, 0.4) is 0 Å². The summed E-state index contributed by atoms with van der Waals surface area (Å²) in [7, 11) is 0. The van der Waals surface area contributed by atoms with Gasteiger partial charge in [0.15, 0.2) is 0 Å². The molecule has 0 fully saturated rings. The van der Waals surface area contributed by atoms with E-state index in [4.69, 9.17) is 0 Å². The first kappa shape index (κ1) is 28.5. The second-order valence-corrected chi connectivity index (χ2v) is 15.2. The lowest BCUT2D eigenvalue weighted by Crippen LogP contribution is -2.15. The molecule has 232 valence electrons. The van der Waals surface area contributed by atoms with E-state index < -0.39 is 0 Å². The zero-order chi connectivity index (χ0) is 32.9. The standard InChI is InChI=1S/C48H34S/c1-29-17-23-34-39-25-26-41-46(47(39)49-43(34)27-29)40-24-22-33(28-42(40)48(41,2)3)45-37-15-9-7-13-35(37)44(36-14-8-10-16-38(36)45)32-20-18-31(19-21-32)30-11-5-4-6-12-30/h4-28H,1-3H3. The average molecular weight is 643 g/mol. The maximum atomic E-state index is 2.50. The first-order valence-electron chi connectivity index (χ1n) is 17.2. The Hall–Kier alpha value is -5.50. The predicted molar refractivity (Wildman–Crippen MR) is 213 cm³/mol. The number of rotatable bonds is 3. The highest BCUT2D eigenvalue weighted by atomic mass is 32.1. The van der Waals surface area contributed by atoms with Crippen LogP contribution in [0.15, 0.2) is 152 Å². The van der Waals surface area contributed by atoms with Crippen molar-refractivity contribution in [2.24, 2.45) is 0 Å². The van der Waals surface area contributed by atoms with E-state index in [1.165, 1.54) is 103 Å². The van der Waals surface area contributed by atoms with E-state index in [2.05, 4.69) is 172 Å². The number of benzene rings is 8. The molecule has 49 heavy (non-hydrogen) atoms. The van der Waals surface area contributed by atoms with Crippen LogP contribution in [0.5, 0.6) is 0 Å². The number of fused-ring (bicyclic) bond motifs is 9. The van der Waals surface area contributed by atoms with Gasteiger partial charge in [-0.25, -0.2) is 0 Å². The van der Waals surface area contributed by atoms with Crippen LogP contribution in [0.2, 0.25) is 0 Å². The summed E-state index contributed by atoms with van der Waals surface area (Å²) in [5.41, 5.74) is 14.5. The molecule has 10 rings (SSSR count). The maximum Gasteiger partial charge on any atom is 0.0437 e. The van der Waals surface area contributed by atoms with Crippen molar-refractivity contribution in [3.63, 3.8) is 0 Å². The Morgan fingerprint density at radius 2 is 0.959 bits per heavy atom. The highest BCUT2D eigenvalue weighted by Gasteiger charge is 2.37. The first-order chi connectivity index (χ1) is 24.0. The molecule has 1 aliphatic rings. The Kier molecular flexibility index (Phi) is 6.11. The first-order valence-corrected chi connectivity index (χ1v) is 18.0. The molecule has 0 N–H and O–H groups in total. The molecule has 1 heterocycles. The second-order valence-electron chi connectivity index (χ2n) is 14.1. The minimum atomic E-state index is -0.104. The number of hydrogen-bond acceptors (Lipinski definition) is 1. The number of thiophene rings is 1. The van der Waals surface area contributed by atoms with Crippen LogP contribution >= 0.6 is 11.3 Å². The molecular formula is C48H34S. The van der Waals surface area contributed by atoms with Crippen LogP contribution in [0.25, 0.3) is 86.2 Å². The van der Waals surface area contributed by atoms with Crippen molar-refractivity contribution < 1.29 is 0 Å². The van der Waals surface area contributed by atoms with Crippen LogP contribution in [-0.4, -0.2) is 0 Å². The summed E-state index contributed by atoms with van der Waals surface area (Å²) in [6.07, 6.45) is 0. The van der Waals surface area contributed by atoms with Crippen molar-refractivity contribution in [3.8, 4) is 44.5 Å². The highest BCUT2D eigenvalue weighted by molar-refractivity contribution is 7.26. The normalized spacial score (nSPS) is 13.4. The van der Waals surface area contributed by atoms with E-state index in [1.54, 1.807) is 0 Å². The van der Waals surface area contributed by atoms with Gasteiger partial charge in [0.05, 0.1) is 0 Å². The lowest BCUT2D eigenvalue weighted by Gasteiger charge is -2.23. The largest absolute Gasteiger partial charge is 0.135 e. The summed E-state index contributed by atoms with van der Waals surface area (Å²) < 4.78 is 2.79. The highest BCUT2D eigenvalue weighted by Crippen LogP contribution is 2.55. The van der Waals surface area contributed by atoms with Crippen LogP contribution < -0.4 is 0 Å². The number of aryl methyl sites for hydroxylation is 1. The third-order valence-corrected chi connectivity index (χ3v) is 12.1. The maximum absolute atomic E-state index is 2.50. The smallest absolute Gasteiger partial charge is 0.0437 e. The summed E-state index contributed by atoms with van der Waals surface area (Å²) in [5, 5.41) is 7.89. The number of hydrogen-bond donors (Lipinski definition) is 0. The van der Waals surface area contributed by atoms with Gasteiger partial charge in [0, 0.05) is 31.2 Å². The molecule has 0 nitrogen and oxygen atoms in total. The van der Waals surface area contributed by atoms with Gasteiger partial charge < -0.3 is 0 Å². The van der Waals surface area contributed by atoms with E-state index in [9.17, 15) is 0 Å². The fourth-order valence-electron chi connectivity index (χ4n) is 8.53. The summed E-state index contributed by atoms with van der Waals surface area (Å²) in [4.78, 5) is 0. The van der Waals surface area contributed by atoms with Crippen molar-refractivity contribution in [1.29, 1.82) is 0 Å². The van der Waals surface area contributed by atoms with Crippen LogP contribution in [0, 0.1) is 6.92 Å². The molecule has 0 aliphatic heterocycles. The Labute approximate surface area is 290 Å². The summed E-state index contributed by atoms with van der Waals surface area (Å²) in [5.74, 6) is 0. The van der Waals surface area contributed by atoms with Crippen molar-refractivity contribution in [3.05, 3.63) is 168 Å². The van der Waals surface area contributed by atoms with Gasteiger partial charge in [-0.3, -0.25) is 0 Å². The molecule has 0 bridgehead atoms. The topological polar surface area (TPSA) is 0 Å². The lowest BCUT2D eigenvalue weighted by atomic mass is 9.80. The van der Waals surface area contributed by atoms with Crippen LogP contribution in [0.4, 0.5) is 0 Å². The van der Waals surface area contributed by atoms with Crippen molar-refractivity contribution in [2.75, 3.05) is 0 Å². The third-order valence-electron chi connectivity index (χ3n) is 10.9. The van der Waals surface area contributed by atoms with Gasteiger partial charge in [0.1, 0.15) is 0 Å². The molecular weight excluding hydrogens is 609 g/mol. The zero-order valence-electron chi connectivity index (χ0n) is 27.8. The fourth-order valence-corrected chi connectivity index (χ4v) is 9.89. The monoisotopic (exact) mass is 642 g/mol. The van der Waals surface area contributed by atoms with E-state index in [0.717, 1.165) is 0 Å². The molecule has 0 atom stereocenters. The van der Waals surface area contributed by atoms with E-state index in [0.29, 0.717) is 0 Å². The molecule has 1 heteroatoms. The lowest BCUT2D eigenvalue weighted by molar-refractivity contribution is 0.661. The molecule has 0 amide bonds. The van der Waals surface area contributed by atoms with Crippen LogP contribution in [0.1, 0.15) is 30.5 Å². The van der Waals surface area contributed by atoms with Gasteiger partial charge in [-0.1, -0.05) is 153 Å². The van der Waals surface area contributed by atoms with Crippen LogP contribution in [-0.2, 0) is 5.41 Å². The molecule has 0 radical (unpaired) electrons. The van der Waals surface area contributed by atoms with E-state index in [-0.39, 0.29) is 5.41 Å². The van der Waals surface area contributed by atoms with E-state index in [1.807, 2.05) is 11.3 Å². The molecule has 9 aromatic rings. The third kappa shape index (κ3) is 4.16. The minimum absolute atomic E-state index is 0.104. The molecule has 0 saturated heterocycles. The molecule has 1 aromatic heterocycles. The van der Waals surface area contributed by atoms with Gasteiger partial charge in [-0.2, -0.15) is 0 Å². The summed E-state index contributed by atoms with van der Waals surface area (Å²) in [6.45, 7) is 7.00. The molecule has 8 aromatic carbocycles. The van der Waals surface area contributed by atoms with Crippen molar-refractivity contribution in [1.82, 2.24) is 0 Å². The Balaban J connectivity index is 1.19. The summed E-state index contributed by atoms with van der Waals surface area (Å²) >= 11 is 1.95. The van der Waals surface area contributed by atoms with E-state index >= 15 is 0 Å². The Morgan fingerprint density at radius 1 is 0.408 bits per heavy atom. The van der Waals surface area contributed by atoms with Gasteiger partial charge in [-0.05, 0) is 96.2 Å². The molecule has 0 saturated carbocycles. The van der Waals surface area contributed by atoms with Crippen molar-refractivity contribution in [2.45, 2.75) is 26.2 Å². The molecule has 1 aliphatic carbocycles. The van der Waals surface area contributed by atoms with Gasteiger partial charge >= 0.3 is 0 Å². The second kappa shape index (κ2) is 10.5. The fraction of sp³-hybridized carbons (Fsp3) is 0.0833. The zero-order valence-corrected chi connectivity index (χ0v) is 28.7. The Bertz CT molecular complexity index is 2720. The van der Waals surface area contributed by atoms with Crippen molar-refractivity contribution >= 4 is 53.1 Å². The van der Waals surface area contributed by atoms with Gasteiger partial charge in [-0.15, -0.1) is 11.3 Å². The Morgan fingerprint density at radius 3 is 1.63 bits per heavy atom. The molecule has 0 spiro atoms. The quantitative estimate of drug-likeness (QED) is 0.168. The average Bonchev–Trinajstić information content (AvgIpc) is 3.62. The SMILES string of the molecule is Cc1ccc2c(c1)sc1c3c(ccc12)C(C)(C)c1cc(-c2c4ccccc4c(-c4ccc(-c5ccccc5)cc4)c4ccccc24)ccc1-3. The predicted octanol–water partition coefficient (Wildman–Crippen LogP) is 14.0. The summed E-state index contributed by atoms with van der Waals surface area (Å²) in [6, 6.07) is 56.7.